The molecule has 1 amide bonds. The van der Waals surface area contributed by atoms with Gasteiger partial charge in [-0.3, -0.25) is 4.79 Å². The highest BCUT2D eigenvalue weighted by Crippen LogP contribution is 2.29. The lowest BCUT2D eigenvalue weighted by atomic mass is 9.96. The van der Waals surface area contributed by atoms with Crippen LogP contribution in [-0.4, -0.2) is 38.6 Å². The van der Waals surface area contributed by atoms with Crippen LogP contribution in [0.25, 0.3) is 17.0 Å². The molecule has 0 unspecified atom stereocenters. The zero-order valence-electron chi connectivity index (χ0n) is 19.2. The van der Waals surface area contributed by atoms with Crippen LogP contribution in [0.2, 0.25) is 0 Å². The maximum Gasteiger partial charge on any atom is 0.254 e. The molecule has 33 heavy (non-hydrogen) atoms. The van der Waals surface area contributed by atoms with Gasteiger partial charge >= 0.3 is 0 Å². The summed E-state index contributed by atoms with van der Waals surface area (Å²) in [5.74, 6) is 1.44. The highest BCUT2D eigenvalue weighted by atomic mass is 16.1. The summed E-state index contributed by atoms with van der Waals surface area (Å²) in [4.78, 5) is 24.5. The van der Waals surface area contributed by atoms with Crippen molar-refractivity contribution in [3.8, 4) is 11.3 Å². The van der Waals surface area contributed by atoms with Crippen LogP contribution >= 0.6 is 0 Å². The zero-order valence-corrected chi connectivity index (χ0v) is 19.2. The minimum Gasteiger partial charge on any atom is -0.356 e. The lowest BCUT2D eigenvalue weighted by Gasteiger charge is -2.33. The van der Waals surface area contributed by atoms with E-state index in [2.05, 4.69) is 44.3 Å². The minimum atomic E-state index is -0.106. The van der Waals surface area contributed by atoms with Gasteiger partial charge in [-0.05, 0) is 44.7 Å². The molecule has 1 saturated heterocycles. The van der Waals surface area contributed by atoms with Gasteiger partial charge in [-0.2, -0.15) is 14.6 Å². The number of anilines is 2. The van der Waals surface area contributed by atoms with Gasteiger partial charge in [-0.1, -0.05) is 48.0 Å². The van der Waals surface area contributed by atoms with Crippen molar-refractivity contribution in [2.75, 3.05) is 23.3 Å². The molecule has 3 heterocycles. The molecular formula is C26H28N6O. The molecule has 1 aliphatic rings. The molecule has 2 aromatic carbocycles. The Labute approximate surface area is 193 Å². The predicted octanol–water partition coefficient (Wildman–Crippen LogP) is 4.57. The van der Waals surface area contributed by atoms with Crippen molar-refractivity contribution in [2.45, 2.75) is 33.6 Å². The molecule has 2 aromatic heterocycles. The first-order valence-electron chi connectivity index (χ1n) is 11.4. The quantitative estimate of drug-likeness (QED) is 0.503. The fourth-order valence-corrected chi connectivity index (χ4v) is 4.78. The third-order valence-electron chi connectivity index (χ3n) is 6.34. The Morgan fingerprint density at radius 1 is 1.06 bits per heavy atom. The van der Waals surface area contributed by atoms with Gasteiger partial charge in [-0.15, -0.1) is 0 Å². The van der Waals surface area contributed by atoms with Crippen molar-refractivity contribution in [3.05, 3.63) is 71.5 Å². The molecule has 1 aliphatic heterocycles. The van der Waals surface area contributed by atoms with E-state index in [1.54, 1.807) is 4.52 Å². The molecule has 0 aliphatic carbocycles. The predicted molar refractivity (Wildman–Crippen MR) is 130 cm³/mol. The summed E-state index contributed by atoms with van der Waals surface area (Å²) in [6.45, 7) is 7.66. The molecular weight excluding hydrogens is 412 g/mol. The van der Waals surface area contributed by atoms with Crippen LogP contribution in [0, 0.1) is 26.7 Å². The number of aromatic nitrogens is 4. The van der Waals surface area contributed by atoms with Gasteiger partial charge in [0.05, 0.1) is 11.6 Å². The van der Waals surface area contributed by atoms with Crippen molar-refractivity contribution >= 4 is 23.2 Å². The zero-order chi connectivity index (χ0) is 22.9. The molecule has 1 N–H and O–H groups in total. The monoisotopic (exact) mass is 440 g/mol. The molecule has 0 bridgehead atoms. The van der Waals surface area contributed by atoms with Crippen molar-refractivity contribution < 1.29 is 4.79 Å². The molecule has 0 saturated carbocycles. The van der Waals surface area contributed by atoms with E-state index in [4.69, 9.17) is 0 Å². The van der Waals surface area contributed by atoms with Crippen LogP contribution in [0.5, 0.6) is 0 Å². The first-order valence-corrected chi connectivity index (χ1v) is 11.4. The molecule has 1 fully saturated rings. The standard InChI is InChI=1S/C26H28N6O/c1-17-12-18(2)24(19(3)13-17)30-25(33)21-10-7-11-31(15-21)23-14-22(20-8-5-4-6-9-20)29-26-27-16-28-32(23)26/h4-6,8-9,12-14,16,21H,7,10-11,15H2,1-3H3,(H,30,33)/t21-/m0/s1. The molecule has 1 atom stereocenters. The summed E-state index contributed by atoms with van der Waals surface area (Å²) in [5.41, 5.74) is 6.20. The van der Waals surface area contributed by atoms with Gasteiger partial charge < -0.3 is 10.2 Å². The Balaban J connectivity index is 1.42. The van der Waals surface area contributed by atoms with Crippen LogP contribution in [-0.2, 0) is 4.79 Å². The third-order valence-corrected chi connectivity index (χ3v) is 6.34. The van der Waals surface area contributed by atoms with E-state index in [9.17, 15) is 4.79 Å². The molecule has 4 aromatic rings. The van der Waals surface area contributed by atoms with Crippen molar-refractivity contribution in [1.29, 1.82) is 0 Å². The number of rotatable bonds is 4. The lowest BCUT2D eigenvalue weighted by molar-refractivity contribution is -0.120. The number of carbonyl (C=O) groups is 1. The maximum atomic E-state index is 13.3. The average molecular weight is 441 g/mol. The second-order valence-corrected chi connectivity index (χ2v) is 8.89. The topological polar surface area (TPSA) is 75.4 Å². The van der Waals surface area contributed by atoms with Crippen LogP contribution in [0.4, 0.5) is 11.5 Å². The number of nitrogens with one attached hydrogen (secondary N) is 1. The molecule has 168 valence electrons. The van der Waals surface area contributed by atoms with Crippen LogP contribution in [0.3, 0.4) is 0 Å². The molecule has 7 heteroatoms. The molecule has 5 rings (SSSR count). The van der Waals surface area contributed by atoms with Crippen LogP contribution in [0.15, 0.2) is 54.9 Å². The van der Waals surface area contributed by atoms with E-state index >= 15 is 0 Å². The number of benzene rings is 2. The largest absolute Gasteiger partial charge is 0.356 e. The SMILES string of the molecule is Cc1cc(C)c(NC(=O)[C@H]2CCCN(c3cc(-c4ccccc4)nc4ncnn34)C2)c(C)c1. The van der Waals surface area contributed by atoms with Crippen molar-refractivity contribution in [3.63, 3.8) is 0 Å². The molecule has 0 radical (unpaired) electrons. The number of hydrogen-bond donors (Lipinski definition) is 1. The lowest BCUT2D eigenvalue weighted by Crippen LogP contribution is -2.41. The maximum absolute atomic E-state index is 13.3. The van der Waals surface area contributed by atoms with E-state index in [0.717, 1.165) is 53.3 Å². The second kappa shape index (κ2) is 8.65. The average Bonchev–Trinajstić information content (AvgIpc) is 3.30. The highest BCUT2D eigenvalue weighted by Gasteiger charge is 2.28. The summed E-state index contributed by atoms with van der Waals surface area (Å²) in [5, 5.41) is 7.60. The van der Waals surface area contributed by atoms with E-state index in [1.165, 1.54) is 11.9 Å². The van der Waals surface area contributed by atoms with Gasteiger partial charge in [0.1, 0.15) is 12.1 Å². The van der Waals surface area contributed by atoms with E-state index < -0.39 is 0 Å². The van der Waals surface area contributed by atoms with Gasteiger partial charge in [0.2, 0.25) is 5.91 Å². The summed E-state index contributed by atoms with van der Waals surface area (Å²) < 4.78 is 1.76. The smallest absolute Gasteiger partial charge is 0.254 e. The number of nitrogens with zero attached hydrogens (tertiary/aromatic N) is 5. The Kier molecular flexibility index (Phi) is 5.54. The minimum absolute atomic E-state index is 0.0712. The third kappa shape index (κ3) is 4.18. The number of fused-ring (bicyclic) bond motifs is 1. The number of carbonyl (C=O) groups excluding carboxylic acids is 1. The number of hydrogen-bond acceptors (Lipinski definition) is 5. The normalized spacial score (nSPS) is 16.2. The fraction of sp³-hybridized carbons (Fsp3) is 0.308. The second-order valence-electron chi connectivity index (χ2n) is 8.89. The van der Waals surface area contributed by atoms with E-state index in [1.807, 2.05) is 50.2 Å². The van der Waals surface area contributed by atoms with Crippen molar-refractivity contribution in [1.82, 2.24) is 19.6 Å². The highest BCUT2D eigenvalue weighted by molar-refractivity contribution is 5.94. The van der Waals surface area contributed by atoms with Gasteiger partial charge in [0.15, 0.2) is 0 Å². The number of piperidine rings is 1. The Morgan fingerprint density at radius 2 is 1.82 bits per heavy atom. The summed E-state index contributed by atoms with van der Waals surface area (Å²) in [7, 11) is 0. The summed E-state index contributed by atoms with van der Waals surface area (Å²) in [6.07, 6.45) is 3.32. The Morgan fingerprint density at radius 3 is 2.58 bits per heavy atom. The van der Waals surface area contributed by atoms with Crippen molar-refractivity contribution in [2.24, 2.45) is 5.92 Å². The Hall–Kier alpha value is -3.74. The van der Waals surface area contributed by atoms with Crippen LogP contribution in [0.1, 0.15) is 29.5 Å². The summed E-state index contributed by atoms with van der Waals surface area (Å²) >= 11 is 0. The number of amides is 1. The van der Waals surface area contributed by atoms with Gasteiger partial charge in [0, 0.05) is 30.4 Å². The van der Waals surface area contributed by atoms with E-state index in [-0.39, 0.29) is 11.8 Å². The van der Waals surface area contributed by atoms with E-state index in [0.29, 0.717) is 12.3 Å². The summed E-state index contributed by atoms with van der Waals surface area (Å²) in [6, 6.07) is 16.3. The first kappa shape index (κ1) is 21.1. The fourth-order valence-electron chi connectivity index (χ4n) is 4.78. The molecule has 0 spiro atoms. The van der Waals surface area contributed by atoms with Gasteiger partial charge in [0.25, 0.3) is 5.78 Å². The molecule has 7 nitrogen and oxygen atoms in total. The number of aryl methyl sites for hydroxylation is 3. The van der Waals surface area contributed by atoms with Gasteiger partial charge in [-0.25, -0.2) is 4.98 Å². The Bertz CT molecular complexity index is 1290. The first-order chi connectivity index (χ1) is 16.0. The van der Waals surface area contributed by atoms with Crippen LogP contribution < -0.4 is 10.2 Å².